The number of carbonyl (C=O) groups is 2. The quantitative estimate of drug-likeness (QED) is 0.315. The smallest absolute Gasteiger partial charge is 0.489 e. The number of benzene rings is 1. The van der Waals surface area contributed by atoms with Crippen molar-refractivity contribution in [3.8, 4) is 17.3 Å². The first kappa shape index (κ1) is 28.1. The summed E-state index contributed by atoms with van der Waals surface area (Å²) in [6.07, 6.45) is -0.886. The number of aromatic amines is 2. The lowest BCUT2D eigenvalue weighted by molar-refractivity contribution is -0.200. The molecule has 0 atom stereocenters. The van der Waals surface area contributed by atoms with Crippen molar-refractivity contribution in [1.29, 1.82) is 0 Å². The second-order valence-electron chi connectivity index (χ2n) is 8.89. The summed E-state index contributed by atoms with van der Waals surface area (Å²) in [5, 5.41) is 6.56. The number of nitrogens with one attached hydrogen (secondary N) is 2. The van der Waals surface area contributed by atoms with Crippen LogP contribution in [0.15, 0.2) is 18.3 Å². The number of amides is 2. The Morgan fingerprint density at radius 2 is 1.85 bits per heavy atom. The molecule has 1 saturated heterocycles. The van der Waals surface area contributed by atoms with Crippen LogP contribution in [-0.4, -0.2) is 87.5 Å². The molecule has 3 heterocycles. The molecule has 0 bridgehead atoms. The molecule has 2 aromatic heterocycles. The van der Waals surface area contributed by atoms with E-state index in [0.29, 0.717) is 12.1 Å². The van der Waals surface area contributed by atoms with Crippen LogP contribution in [0.4, 0.5) is 28.0 Å². The molecule has 2 N–H and O–H groups in total. The van der Waals surface area contributed by atoms with E-state index >= 15 is 0 Å². The number of imidazole rings is 1. The molecule has 1 aliphatic rings. The second-order valence-corrected chi connectivity index (χ2v) is 8.89. The van der Waals surface area contributed by atoms with Gasteiger partial charge in [-0.05, 0) is 39.8 Å². The van der Waals surface area contributed by atoms with Crippen molar-refractivity contribution in [2.45, 2.75) is 39.3 Å². The Morgan fingerprint density at radius 1 is 1.13 bits per heavy atom. The fourth-order valence-electron chi connectivity index (χ4n) is 4.26. The standard InChI is InChI=1S/C24H29F4N7O4/c1-3-34(4-2)23(37)35(39-22(36)24(26,27)28)18-14-29-32-20(18)21-30-16-12-15(25)19(13-17(16)31-21)38-11-10-33-8-6-5-7-9-33/h12-14H,3-11H2,1-2H3,(H,29,32)(H,30,31). The number of hydrogen-bond donors (Lipinski definition) is 2. The number of halogens is 4. The van der Waals surface area contributed by atoms with E-state index in [1.807, 2.05) is 0 Å². The number of likely N-dealkylation sites (tertiary alicyclic amines) is 1. The van der Waals surface area contributed by atoms with E-state index in [1.165, 1.54) is 18.6 Å². The number of carbonyl (C=O) groups excluding carboxylic acids is 2. The molecule has 212 valence electrons. The van der Waals surface area contributed by atoms with Gasteiger partial charge < -0.3 is 19.5 Å². The molecule has 1 aliphatic heterocycles. The number of alkyl halides is 3. The lowest BCUT2D eigenvalue weighted by atomic mass is 10.1. The van der Waals surface area contributed by atoms with Gasteiger partial charge >= 0.3 is 18.2 Å². The molecule has 3 aromatic rings. The molecule has 0 unspecified atom stereocenters. The average Bonchev–Trinajstić information content (AvgIpc) is 3.54. The molecule has 11 nitrogen and oxygen atoms in total. The van der Waals surface area contributed by atoms with Gasteiger partial charge in [0.2, 0.25) is 0 Å². The normalized spacial score (nSPS) is 14.4. The number of nitrogens with zero attached hydrogens (tertiary/aromatic N) is 5. The van der Waals surface area contributed by atoms with Crippen LogP contribution in [0.2, 0.25) is 0 Å². The zero-order valence-electron chi connectivity index (χ0n) is 21.5. The van der Waals surface area contributed by atoms with E-state index in [-0.39, 0.29) is 53.2 Å². The minimum Gasteiger partial charge on any atom is -0.489 e. The van der Waals surface area contributed by atoms with E-state index in [4.69, 9.17) is 4.74 Å². The van der Waals surface area contributed by atoms with Crippen molar-refractivity contribution in [2.24, 2.45) is 0 Å². The van der Waals surface area contributed by atoms with E-state index in [2.05, 4.69) is 29.9 Å². The Bertz CT molecular complexity index is 1300. The third kappa shape index (κ3) is 6.41. The summed E-state index contributed by atoms with van der Waals surface area (Å²) in [6, 6.07) is 1.56. The Kier molecular flexibility index (Phi) is 8.57. The number of aromatic nitrogens is 4. The largest absolute Gasteiger partial charge is 0.493 e. The highest BCUT2D eigenvalue weighted by Gasteiger charge is 2.44. The van der Waals surface area contributed by atoms with Crippen LogP contribution in [0.25, 0.3) is 22.6 Å². The number of fused-ring (bicyclic) bond motifs is 1. The van der Waals surface area contributed by atoms with Crippen LogP contribution in [-0.2, 0) is 9.63 Å². The van der Waals surface area contributed by atoms with Crippen LogP contribution in [0.3, 0.4) is 0 Å². The third-order valence-corrected chi connectivity index (χ3v) is 6.34. The maximum absolute atomic E-state index is 14.7. The van der Waals surface area contributed by atoms with Crippen molar-refractivity contribution in [2.75, 3.05) is 44.4 Å². The SMILES string of the molecule is CCN(CC)C(=O)N(OC(=O)C(F)(F)F)c1cn[nH]c1-c1nc2cc(OCCN3CCCCC3)c(F)cc2[nH]1. The number of hydrogen-bond acceptors (Lipinski definition) is 7. The fraction of sp³-hybridized carbons (Fsp3) is 0.500. The molecule has 2 amide bonds. The zero-order valence-corrected chi connectivity index (χ0v) is 21.5. The van der Waals surface area contributed by atoms with Crippen molar-refractivity contribution in [3.63, 3.8) is 0 Å². The van der Waals surface area contributed by atoms with Gasteiger partial charge in [-0.15, -0.1) is 5.06 Å². The predicted octanol–water partition coefficient (Wildman–Crippen LogP) is 4.25. The number of urea groups is 1. The topological polar surface area (TPSA) is 120 Å². The lowest BCUT2D eigenvalue weighted by Crippen LogP contribution is -2.46. The number of ether oxygens (including phenoxy) is 1. The lowest BCUT2D eigenvalue weighted by Gasteiger charge is -2.27. The number of rotatable bonds is 8. The Balaban J connectivity index is 1.60. The highest BCUT2D eigenvalue weighted by Crippen LogP contribution is 2.32. The first-order chi connectivity index (χ1) is 18.6. The first-order valence-corrected chi connectivity index (χ1v) is 12.6. The molecular formula is C24H29F4N7O4. The maximum atomic E-state index is 14.7. The molecule has 4 rings (SSSR count). The maximum Gasteiger partial charge on any atom is 0.493 e. The summed E-state index contributed by atoms with van der Waals surface area (Å²) >= 11 is 0. The molecule has 39 heavy (non-hydrogen) atoms. The molecule has 1 aromatic carbocycles. The summed E-state index contributed by atoms with van der Waals surface area (Å²) in [4.78, 5) is 39.7. The zero-order chi connectivity index (χ0) is 28.2. The molecular weight excluding hydrogens is 526 g/mol. The average molecular weight is 556 g/mol. The summed E-state index contributed by atoms with van der Waals surface area (Å²) in [5.41, 5.74) is 0.200. The Hall–Kier alpha value is -3.88. The molecule has 0 aliphatic carbocycles. The number of piperidine rings is 1. The number of anilines is 1. The monoisotopic (exact) mass is 555 g/mol. The van der Waals surface area contributed by atoms with Crippen molar-refractivity contribution >= 4 is 28.7 Å². The first-order valence-electron chi connectivity index (χ1n) is 12.6. The minimum absolute atomic E-state index is 0.000149. The van der Waals surface area contributed by atoms with E-state index in [9.17, 15) is 27.2 Å². The van der Waals surface area contributed by atoms with Gasteiger partial charge in [0.15, 0.2) is 17.4 Å². The van der Waals surface area contributed by atoms with Crippen molar-refractivity contribution in [3.05, 3.63) is 24.1 Å². The molecule has 15 heteroatoms. The van der Waals surface area contributed by atoms with Gasteiger partial charge in [-0.2, -0.15) is 18.3 Å². The van der Waals surface area contributed by atoms with Crippen molar-refractivity contribution in [1.82, 2.24) is 30.0 Å². The number of hydroxylamine groups is 1. The third-order valence-electron chi connectivity index (χ3n) is 6.34. The molecule has 0 radical (unpaired) electrons. The van der Waals surface area contributed by atoms with E-state index < -0.39 is 24.0 Å². The van der Waals surface area contributed by atoms with Gasteiger partial charge in [-0.25, -0.2) is 19.0 Å². The molecule has 0 saturated carbocycles. The Labute approximate surface area is 221 Å². The van der Waals surface area contributed by atoms with Crippen LogP contribution in [0.5, 0.6) is 5.75 Å². The Morgan fingerprint density at radius 3 is 2.51 bits per heavy atom. The number of H-pyrrole nitrogens is 2. The minimum atomic E-state index is -5.35. The van der Waals surface area contributed by atoms with Crippen LogP contribution < -0.4 is 9.80 Å². The van der Waals surface area contributed by atoms with Crippen LogP contribution in [0, 0.1) is 5.82 Å². The summed E-state index contributed by atoms with van der Waals surface area (Å²) in [6.45, 7) is 6.40. The summed E-state index contributed by atoms with van der Waals surface area (Å²) in [5.74, 6) is -3.20. The van der Waals surface area contributed by atoms with Gasteiger partial charge in [-0.3, -0.25) is 10.00 Å². The van der Waals surface area contributed by atoms with Crippen molar-refractivity contribution < 1.29 is 36.7 Å². The molecule has 1 fully saturated rings. The van der Waals surface area contributed by atoms with Crippen LogP contribution >= 0.6 is 0 Å². The summed E-state index contributed by atoms with van der Waals surface area (Å²) < 4.78 is 59.4. The van der Waals surface area contributed by atoms with Gasteiger partial charge in [0, 0.05) is 31.8 Å². The van der Waals surface area contributed by atoms with E-state index in [1.54, 1.807) is 13.8 Å². The van der Waals surface area contributed by atoms with E-state index in [0.717, 1.165) is 37.0 Å². The molecule has 0 spiro atoms. The predicted molar refractivity (Wildman–Crippen MR) is 132 cm³/mol. The highest BCUT2D eigenvalue weighted by molar-refractivity contribution is 5.96. The second kappa shape index (κ2) is 11.9. The van der Waals surface area contributed by atoms with Gasteiger partial charge in [0.1, 0.15) is 18.0 Å². The van der Waals surface area contributed by atoms with Crippen LogP contribution in [0.1, 0.15) is 33.1 Å². The van der Waals surface area contributed by atoms with Gasteiger partial charge in [0.05, 0.1) is 17.2 Å². The van der Waals surface area contributed by atoms with Gasteiger partial charge in [-0.1, -0.05) is 6.42 Å². The highest BCUT2D eigenvalue weighted by atomic mass is 19.4. The fourth-order valence-corrected chi connectivity index (χ4v) is 4.26. The summed E-state index contributed by atoms with van der Waals surface area (Å²) in [7, 11) is 0. The van der Waals surface area contributed by atoms with Gasteiger partial charge in [0.25, 0.3) is 0 Å².